The van der Waals surface area contributed by atoms with E-state index in [1.807, 2.05) is 12.1 Å². The van der Waals surface area contributed by atoms with E-state index < -0.39 is 0 Å². The SMILES string of the molecule is COc1ccc(CNc2nc[nH]c(=O)c2Cl)c(OC)c1. The van der Waals surface area contributed by atoms with Gasteiger partial charge in [-0.3, -0.25) is 4.79 Å². The number of halogens is 1. The quantitative estimate of drug-likeness (QED) is 0.883. The van der Waals surface area contributed by atoms with Crippen LogP contribution in [-0.2, 0) is 6.54 Å². The molecule has 0 fully saturated rings. The molecule has 0 aliphatic carbocycles. The van der Waals surface area contributed by atoms with Crippen molar-refractivity contribution >= 4 is 17.4 Å². The number of aromatic nitrogens is 2. The van der Waals surface area contributed by atoms with Gasteiger partial charge in [0.05, 0.1) is 20.5 Å². The predicted molar refractivity (Wildman–Crippen MR) is 76.7 cm³/mol. The number of benzene rings is 1. The molecule has 0 saturated heterocycles. The zero-order valence-corrected chi connectivity index (χ0v) is 11.8. The molecule has 2 N–H and O–H groups in total. The Bertz CT molecular complexity index is 658. The van der Waals surface area contributed by atoms with Gasteiger partial charge in [0.15, 0.2) is 5.82 Å². The van der Waals surface area contributed by atoms with E-state index in [4.69, 9.17) is 21.1 Å². The lowest BCUT2D eigenvalue weighted by atomic mass is 10.2. The van der Waals surface area contributed by atoms with E-state index >= 15 is 0 Å². The third-order valence-corrected chi connectivity index (χ3v) is 3.09. The molecule has 1 aromatic heterocycles. The molecule has 0 aliphatic rings. The molecule has 106 valence electrons. The van der Waals surface area contributed by atoms with Crippen molar-refractivity contribution in [3.63, 3.8) is 0 Å². The Hall–Kier alpha value is -2.21. The number of nitrogens with one attached hydrogen (secondary N) is 2. The first-order valence-corrected chi connectivity index (χ1v) is 6.21. The van der Waals surface area contributed by atoms with Crippen LogP contribution in [0.4, 0.5) is 5.82 Å². The highest BCUT2D eigenvalue weighted by atomic mass is 35.5. The van der Waals surface area contributed by atoms with Crippen LogP contribution in [0.3, 0.4) is 0 Å². The van der Waals surface area contributed by atoms with Crippen LogP contribution in [0.15, 0.2) is 29.3 Å². The highest BCUT2D eigenvalue weighted by Gasteiger charge is 2.08. The standard InChI is InChI=1S/C13H14ClN3O3/c1-19-9-4-3-8(10(5-9)20-2)6-15-12-11(14)13(18)17-7-16-12/h3-5,7H,6H2,1-2H3,(H2,15,16,17,18). The molecule has 20 heavy (non-hydrogen) atoms. The minimum Gasteiger partial charge on any atom is -0.497 e. The molecule has 0 amide bonds. The molecule has 7 heteroatoms. The number of methoxy groups -OCH3 is 2. The van der Waals surface area contributed by atoms with Gasteiger partial charge < -0.3 is 19.8 Å². The number of aromatic amines is 1. The number of hydrogen-bond acceptors (Lipinski definition) is 5. The van der Waals surface area contributed by atoms with Crippen molar-refractivity contribution in [2.45, 2.75) is 6.54 Å². The molecular weight excluding hydrogens is 282 g/mol. The molecule has 0 spiro atoms. The van der Waals surface area contributed by atoms with E-state index in [9.17, 15) is 4.79 Å². The molecule has 2 aromatic rings. The number of ether oxygens (including phenoxy) is 2. The van der Waals surface area contributed by atoms with Crippen molar-refractivity contribution in [1.29, 1.82) is 0 Å². The second-order valence-corrected chi connectivity index (χ2v) is 4.30. The van der Waals surface area contributed by atoms with Gasteiger partial charge in [0.1, 0.15) is 16.5 Å². The summed E-state index contributed by atoms with van der Waals surface area (Å²) in [5, 5.41) is 3.03. The molecule has 0 bridgehead atoms. The lowest BCUT2D eigenvalue weighted by molar-refractivity contribution is 0.391. The highest BCUT2D eigenvalue weighted by Crippen LogP contribution is 2.25. The zero-order valence-electron chi connectivity index (χ0n) is 11.1. The van der Waals surface area contributed by atoms with Gasteiger partial charge in [0, 0.05) is 18.2 Å². The summed E-state index contributed by atoms with van der Waals surface area (Å²) in [5.74, 6) is 1.71. The summed E-state index contributed by atoms with van der Waals surface area (Å²) in [7, 11) is 3.17. The van der Waals surface area contributed by atoms with Crippen molar-refractivity contribution in [2.75, 3.05) is 19.5 Å². The van der Waals surface area contributed by atoms with Crippen LogP contribution in [0, 0.1) is 0 Å². The Balaban J connectivity index is 2.18. The van der Waals surface area contributed by atoms with E-state index in [0.717, 1.165) is 5.56 Å². The third kappa shape index (κ3) is 3.03. The molecule has 0 atom stereocenters. The number of H-pyrrole nitrogens is 1. The molecule has 0 radical (unpaired) electrons. The van der Waals surface area contributed by atoms with Crippen LogP contribution in [0.5, 0.6) is 11.5 Å². The Morgan fingerprint density at radius 3 is 2.85 bits per heavy atom. The van der Waals surface area contributed by atoms with Crippen LogP contribution in [0.2, 0.25) is 5.02 Å². The van der Waals surface area contributed by atoms with E-state index in [-0.39, 0.29) is 10.6 Å². The highest BCUT2D eigenvalue weighted by molar-refractivity contribution is 6.32. The van der Waals surface area contributed by atoms with Gasteiger partial charge in [0.2, 0.25) is 0 Å². The van der Waals surface area contributed by atoms with Gasteiger partial charge in [0.25, 0.3) is 5.56 Å². The fraction of sp³-hybridized carbons (Fsp3) is 0.231. The molecule has 0 unspecified atom stereocenters. The number of rotatable bonds is 5. The van der Waals surface area contributed by atoms with Gasteiger partial charge in [-0.05, 0) is 12.1 Å². The van der Waals surface area contributed by atoms with Gasteiger partial charge in [-0.2, -0.15) is 0 Å². The van der Waals surface area contributed by atoms with Crippen LogP contribution in [0.25, 0.3) is 0 Å². The monoisotopic (exact) mass is 295 g/mol. The van der Waals surface area contributed by atoms with Crippen molar-refractivity contribution in [3.8, 4) is 11.5 Å². The van der Waals surface area contributed by atoms with E-state index in [1.165, 1.54) is 6.33 Å². The van der Waals surface area contributed by atoms with Gasteiger partial charge >= 0.3 is 0 Å². The van der Waals surface area contributed by atoms with E-state index in [0.29, 0.717) is 23.9 Å². The summed E-state index contributed by atoms with van der Waals surface area (Å²) in [4.78, 5) is 17.7. The fourth-order valence-electron chi connectivity index (χ4n) is 1.68. The van der Waals surface area contributed by atoms with Crippen molar-refractivity contribution < 1.29 is 9.47 Å². The average molecular weight is 296 g/mol. The number of anilines is 1. The second-order valence-electron chi connectivity index (χ2n) is 3.93. The number of nitrogens with zero attached hydrogens (tertiary/aromatic N) is 1. The molecule has 2 rings (SSSR count). The first kappa shape index (κ1) is 14.2. The van der Waals surface area contributed by atoms with Gasteiger partial charge in [-0.15, -0.1) is 0 Å². The van der Waals surface area contributed by atoms with Crippen molar-refractivity contribution in [1.82, 2.24) is 9.97 Å². The van der Waals surface area contributed by atoms with Crippen LogP contribution >= 0.6 is 11.6 Å². The molecule has 0 aliphatic heterocycles. The van der Waals surface area contributed by atoms with Crippen LogP contribution < -0.4 is 20.3 Å². The maximum Gasteiger partial charge on any atom is 0.271 e. The molecular formula is C13H14ClN3O3. The zero-order chi connectivity index (χ0) is 14.5. The van der Waals surface area contributed by atoms with Crippen LogP contribution in [0.1, 0.15) is 5.56 Å². The average Bonchev–Trinajstić information content (AvgIpc) is 2.48. The topological polar surface area (TPSA) is 76.2 Å². The van der Waals surface area contributed by atoms with E-state index in [1.54, 1.807) is 20.3 Å². The summed E-state index contributed by atoms with van der Waals surface area (Å²) in [6.07, 6.45) is 1.29. The lowest BCUT2D eigenvalue weighted by Crippen LogP contribution is -2.12. The Morgan fingerprint density at radius 2 is 2.15 bits per heavy atom. The Morgan fingerprint density at radius 1 is 1.35 bits per heavy atom. The minimum atomic E-state index is -0.383. The number of hydrogen-bond donors (Lipinski definition) is 2. The Kier molecular flexibility index (Phi) is 4.47. The second kappa shape index (κ2) is 6.29. The van der Waals surface area contributed by atoms with E-state index in [2.05, 4.69) is 15.3 Å². The first-order chi connectivity index (χ1) is 9.65. The van der Waals surface area contributed by atoms with Gasteiger partial charge in [-0.1, -0.05) is 11.6 Å². The smallest absolute Gasteiger partial charge is 0.271 e. The maximum atomic E-state index is 11.3. The summed E-state index contributed by atoms with van der Waals surface area (Å²) in [6.45, 7) is 0.420. The summed E-state index contributed by atoms with van der Waals surface area (Å²) in [6, 6.07) is 5.47. The maximum absolute atomic E-state index is 11.3. The largest absolute Gasteiger partial charge is 0.497 e. The molecule has 0 saturated carbocycles. The predicted octanol–water partition coefficient (Wildman–Crippen LogP) is 2.05. The summed E-state index contributed by atoms with van der Waals surface area (Å²) >= 11 is 5.86. The fourth-order valence-corrected chi connectivity index (χ4v) is 1.85. The first-order valence-electron chi connectivity index (χ1n) is 5.83. The molecule has 1 heterocycles. The minimum absolute atomic E-state index is 0.0278. The molecule has 6 nitrogen and oxygen atoms in total. The summed E-state index contributed by atoms with van der Waals surface area (Å²) < 4.78 is 10.4. The van der Waals surface area contributed by atoms with Crippen molar-refractivity contribution in [2.24, 2.45) is 0 Å². The summed E-state index contributed by atoms with van der Waals surface area (Å²) in [5.41, 5.74) is 0.511. The molecule has 1 aromatic carbocycles. The van der Waals surface area contributed by atoms with Crippen molar-refractivity contribution in [3.05, 3.63) is 45.5 Å². The Labute approximate surface area is 120 Å². The lowest BCUT2D eigenvalue weighted by Gasteiger charge is -2.11. The van der Waals surface area contributed by atoms with Crippen LogP contribution in [-0.4, -0.2) is 24.2 Å². The normalized spacial score (nSPS) is 10.2. The third-order valence-electron chi connectivity index (χ3n) is 2.74. The van der Waals surface area contributed by atoms with Gasteiger partial charge in [-0.25, -0.2) is 4.98 Å².